The van der Waals surface area contributed by atoms with E-state index in [1.165, 1.54) is 34.7 Å². The van der Waals surface area contributed by atoms with E-state index in [1.807, 2.05) is 45.0 Å². The van der Waals surface area contributed by atoms with Gasteiger partial charge < -0.3 is 28.1 Å². The second-order valence-corrected chi connectivity index (χ2v) is 15.4. The molecule has 12 heteroatoms. The van der Waals surface area contributed by atoms with Gasteiger partial charge in [-0.25, -0.2) is 9.59 Å². The number of carbonyl (C=O) groups excluding carboxylic acids is 3. The number of hydrogen-bond acceptors (Lipinski definition) is 8. The highest BCUT2D eigenvalue weighted by atomic mass is 16.6. The quantitative estimate of drug-likeness (QED) is 0.0650. The van der Waals surface area contributed by atoms with Crippen molar-refractivity contribution in [1.82, 2.24) is 4.90 Å². The highest BCUT2D eigenvalue weighted by Gasteiger charge is 2.59. The van der Waals surface area contributed by atoms with Crippen LogP contribution in [0.3, 0.4) is 0 Å². The lowest BCUT2D eigenvalue weighted by atomic mass is 9.74. The van der Waals surface area contributed by atoms with Gasteiger partial charge in [-0.15, -0.1) is 0 Å². The monoisotopic (exact) mass is 700 g/mol. The third kappa shape index (κ3) is 7.26. The first kappa shape index (κ1) is 36.2. The number of non-ortho nitro benzene ring substituents is 1. The molecule has 3 aromatic rings. The first-order valence-electron chi connectivity index (χ1n) is 17.6. The molecule has 6 rings (SSSR count). The fraction of sp³-hybridized carbons (Fsp3) is 0.462. The highest BCUT2D eigenvalue weighted by molar-refractivity contribution is 6.06. The Morgan fingerprint density at radius 1 is 1.02 bits per heavy atom. The van der Waals surface area contributed by atoms with E-state index in [2.05, 4.69) is 33.3 Å². The first-order chi connectivity index (χ1) is 24.2. The molecule has 0 aliphatic carbocycles. The number of rotatable bonds is 12. The van der Waals surface area contributed by atoms with E-state index in [1.54, 1.807) is 0 Å². The molecular weight excluding hydrogens is 652 g/mol. The van der Waals surface area contributed by atoms with Crippen LogP contribution in [-0.2, 0) is 25.6 Å². The summed E-state index contributed by atoms with van der Waals surface area (Å²) in [6.45, 7) is 12.6. The number of nitro groups is 1. The maximum absolute atomic E-state index is 13.7. The van der Waals surface area contributed by atoms with Crippen LogP contribution in [0.1, 0.15) is 36.7 Å². The zero-order valence-electron chi connectivity index (χ0n) is 30.3. The number of hydrogen-bond donors (Lipinski definition) is 0. The Morgan fingerprint density at radius 2 is 1.69 bits per heavy atom. The summed E-state index contributed by atoms with van der Waals surface area (Å²) in [4.78, 5) is 52.0. The number of carbonyl (C=O) groups is 3. The Kier molecular flexibility index (Phi) is 10.0. The number of ether oxygens (including phenoxy) is 3. The summed E-state index contributed by atoms with van der Waals surface area (Å²) in [5.41, 5.74) is 1.62. The van der Waals surface area contributed by atoms with Crippen molar-refractivity contribution in [3.8, 4) is 5.75 Å². The van der Waals surface area contributed by atoms with E-state index in [-0.39, 0.29) is 53.3 Å². The number of β-lactam (4-membered cyclic amide) rings is 1. The standard InChI is InChI=1S/C39H48N4O8/c1-25(2)34-35-26(3)32(36(40(35)37(34)44)39(46)51-38(45)27-13-15-29(16-14-27)41(47)48)24-50-33-12-8-10-30-28(9-7-11-31(30)33)23-42(4,5)17-18-43(6)19-21-49-22-20-43/h7-16,25-26,34-35H,17-24H2,1-6H3/q+2/t26-,34+,35+/m0/s1. The van der Waals surface area contributed by atoms with Gasteiger partial charge in [-0.2, -0.15) is 0 Å². The lowest BCUT2D eigenvalue weighted by Gasteiger charge is -2.47. The lowest BCUT2D eigenvalue weighted by Crippen LogP contribution is -2.62. The van der Waals surface area contributed by atoms with Crippen LogP contribution < -0.4 is 4.74 Å². The zero-order valence-corrected chi connectivity index (χ0v) is 30.3. The smallest absolute Gasteiger partial charge is 0.363 e. The van der Waals surface area contributed by atoms with Crippen LogP contribution in [0.25, 0.3) is 10.8 Å². The van der Waals surface area contributed by atoms with Crippen LogP contribution in [0.15, 0.2) is 71.9 Å². The molecule has 0 radical (unpaired) electrons. The normalized spacial score (nSPS) is 21.4. The van der Waals surface area contributed by atoms with Gasteiger partial charge in [0.25, 0.3) is 5.69 Å². The number of fused-ring (bicyclic) bond motifs is 2. The number of amides is 1. The van der Waals surface area contributed by atoms with Crippen LogP contribution in [0.4, 0.5) is 5.69 Å². The summed E-state index contributed by atoms with van der Waals surface area (Å²) in [6.07, 6.45) is 0. The second-order valence-electron chi connectivity index (χ2n) is 15.4. The molecule has 0 spiro atoms. The van der Waals surface area contributed by atoms with Gasteiger partial charge >= 0.3 is 11.9 Å². The average Bonchev–Trinajstić information content (AvgIpc) is 3.34. The fourth-order valence-corrected chi connectivity index (χ4v) is 7.75. The van der Waals surface area contributed by atoms with Crippen molar-refractivity contribution in [2.24, 2.45) is 17.8 Å². The SMILES string of the molecule is CC(C)[C@H]1C(=O)N2C(C(=O)OC(=O)c3ccc([N+](=O)[O-])cc3)=C(COc3cccc4c(C[N+](C)(C)CC[N+]5(C)CCOCC5)cccc34)[C@H](C)[C@H]12. The minimum absolute atomic E-state index is 0.0184. The van der Waals surface area contributed by atoms with Crippen LogP contribution in [-0.4, -0.2) is 110 Å². The van der Waals surface area contributed by atoms with Crippen molar-refractivity contribution < 1.29 is 42.5 Å². The molecule has 0 N–H and O–H groups in total. The number of morpholine rings is 1. The minimum Gasteiger partial charge on any atom is -0.488 e. The summed E-state index contributed by atoms with van der Waals surface area (Å²) >= 11 is 0. The van der Waals surface area contributed by atoms with Crippen LogP contribution in [0.2, 0.25) is 0 Å². The first-order valence-corrected chi connectivity index (χ1v) is 17.6. The molecule has 1 amide bonds. The van der Waals surface area contributed by atoms with Crippen molar-refractivity contribution in [2.45, 2.75) is 33.4 Å². The molecule has 3 aliphatic rings. The molecule has 3 atom stereocenters. The summed E-state index contributed by atoms with van der Waals surface area (Å²) in [5.74, 6) is -1.88. The van der Waals surface area contributed by atoms with E-state index in [4.69, 9.17) is 14.2 Å². The topological polar surface area (TPSA) is 125 Å². The van der Waals surface area contributed by atoms with Crippen molar-refractivity contribution >= 4 is 34.3 Å². The molecule has 3 heterocycles. The molecule has 0 bridgehead atoms. The third-order valence-corrected chi connectivity index (χ3v) is 11.0. The van der Waals surface area contributed by atoms with E-state index < -0.39 is 16.9 Å². The molecule has 0 saturated carbocycles. The highest BCUT2D eigenvalue weighted by Crippen LogP contribution is 2.49. The fourth-order valence-electron chi connectivity index (χ4n) is 7.75. The van der Waals surface area contributed by atoms with Crippen molar-refractivity contribution in [1.29, 1.82) is 0 Å². The Hall–Kier alpha value is -4.65. The summed E-state index contributed by atoms with van der Waals surface area (Å²) in [5, 5.41) is 13.1. The minimum atomic E-state index is -0.962. The van der Waals surface area contributed by atoms with Gasteiger partial charge in [0.2, 0.25) is 5.91 Å². The number of nitro benzene ring substituents is 1. The Morgan fingerprint density at radius 3 is 2.35 bits per heavy atom. The molecule has 0 aromatic heterocycles. The predicted molar refractivity (Wildman–Crippen MR) is 190 cm³/mol. The number of esters is 2. The molecule has 3 aliphatic heterocycles. The van der Waals surface area contributed by atoms with Gasteiger partial charge in [-0.1, -0.05) is 51.1 Å². The van der Waals surface area contributed by atoms with Crippen molar-refractivity contribution in [2.75, 3.05) is 67.1 Å². The number of benzene rings is 3. The zero-order chi connectivity index (χ0) is 36.7. The predicted octanol–water partition coefficient (Wildman–Crippen LogP) is 4.95. The van der Waals surface area contributed by atoms with Gasteiger partial charge in [0, 0.05) is 34.6 Å². The van der Waals surface area contributed by atoms with Gasteiger partial charge in [-0.05, 0) is 29.5 Å². The molecule has 2 fully saturated rings. The lowest BCUT2D eigenvalue weighted by molar-refractivity contribution is -0.964. The molecule has 0 unspecified atom stereocenters. The molecule has 2 saturated heterocycles. The second kappa shape index (κ2) is 14.2. The van der Waals surface area contributed by atoms with Crippen molar-refractivity contribution in [3.63, 3.8) is 0 Å². The molecule has 3 aromatic carbocycles. The summed E-state index contributed by atoms with van der Waals surface area (Å²) < 4.78 is 19.2. The molecule has 270 valence electrons. The van der Waals surface area contributed by atoms with Gasteiger partial charge in [-0.3, -0.25) is 14.9 Å². The Labute approximate surface area is 298 Å². The van der Waals surface area contributed by atoms with Crippen molar-refractivity contribution in [3.05, 3.63) is 93.2 Å². The molecule has 12 nitrogen and oxygen atoms in total. The average molecular weight is 701 g/mol. The molecule has 51 heavy (non-hydrogen) atoms. The van der Waals surface area contributed by atoms with Crippen LogP contribution >= 0.6 is 0 Å². The van der Waals surface area contributed by atoms with E-state index in [9.17, 15) is 24.5 Å². The van der Waals surface area contributed by atoms with Crippen LogP contribution in [0, 0.1) is 27.9 Å². The maximum atomic E-state index is 13.7. The Bertz CT molecular complexity index is 1880. The number of nitrogens with zero attached hydrogens (tertiary/aromatic N) is 4. The third-order valence-electron chi connectivity index (χ3n) is 11.0. The van der Waals surface area contributed by atoms with E-state index in [0.29, 0.717) is 11.3 Å². The van der Waals surface area contributed by atoms with Crippen LogP contribution in [0.5, 0.6) is 5.75 Å². The summed E-state index contributed by atoms with van der Waals surface area (Å²) in [7, 11) is 6.85. The largest absolute Gasteiger partial charge is 0.488 e. The maximum Gasteiger partial charge on any atom is 0.363 e. The van der Waals surface area contributed by atoms with Gasteiger partial charge in [0.05, 0.1) is 56.8 Å². The van der Waals surface area contributed by atoms with Gasteiger partial charge in [0.1, 0.15) is 50.8 Å². The molecular formula is C39H48N4O8+2. The van der Waals surface area contributed by atoms with Gasteiger partial charge in [0.15, 0.2) is 0 Å². The number of quaternary nitrogens is 2. The van der Waals surface area contributed by atoms with E-state index in [0.717, 1.165) is 65.7 Å². The van der Waals surface area contributed by atoms with E-state index >= 15 is 0 Å². The Balaban J connectivity index is 1.23. The number of likely N-dealkylation sites (N-methyl/N-ethyl adjacent to an activating group) is 2. The summed E-state index contributed by atoms with van der Waals surface area (Å²) in [6, 6.07) is 16.8.